The van der Waals surface area contributed by atoms with E-state index in [1.807, 2.05) is 0 Å². The molecule has 0 aliphatic carbocycles. The molecule has 0 amide bonds. The molecule has 0 heterocycles. The van der Waals surface area contributed by atoms with E-state index in [1.54, 1.807) is 13.0 Å². The predicted octanol–water partition coefficient (Wildman–Crippen LogP) is 0.429. The number of hydrogen-bond donors (Lipinski definition) is 2. The Kier molecular flexibility index (Phi) is 3.15. The van der Waals surface area contributed by atoms with Crippen molar-refractivity contribution < 1.29 is 10.2 Å². The lowest BCUT2D eigenvalue weighted by Crippen LogP contribution is -2.05. The minimum Gasteiger partial charge on any atom is -0.364 e. The lowest BCUT2D eigenvalue weighted by molar-refractivity contribution is -0.00490. The quantitative estimate of drug-likeness (QED) is 0.403. The van der Waals surface area contributed by atoms with Gasteiger partial charge in [-0.05, 0) is 6.92 Å². The summed E-state index contributed by atoms with van der Waals surface area (Å²) in [5, 5.41) is 16.9. The third-order valence-corrected chi connectivity index (χ3v) is 0.867. The molecule has 0 unspecified atom stereocenters. The molecule has 2 N–H and O–H groups in total. The summed E-state index contributed by atoms with van der Waals surface area (Å²) in [4.78, 5) is 0. The maximum atomic E-state index is 8.43. The van der Waals surface area contributed by atoms with Gasteiger partial charge < -0.3 is 10.2 Å². The predicted molar refractivity (Wildman–Crippen MR) is 32.2 cm³/mol. The fourth-order valence-corrected chi connectivity index (χ4v) is 0.372. The summed E-state index contributed by atoms with van der Waals surface area (Å²) in [7, 11) is 0. The summed E-state index contributed by atoms with van der Waals surface area (Å²) >= 11 is 0. The van der Waals surface area contributed by atoms with E-state index < -0.39 is 6.29 Å². The van der Waals surface area contributed by atoms with Gasteiger partial charge in [-0.25, -0.2) is 0 Å². The first-order valence-corrected chi connectivity index (χ1v) is 2.37. The van der Waals surface area contributed by atoms with Crippen LogP contribution < -0.4 is 0 Å². The van der Waals surface area contributed by atoms with E-state index in [0.717, 1.165) is 0 Å². The Morgan fingerprint density at radius 2 is 2.12 bits per heavy atom. The number of allylic oxidation sites excluding steroid dienone is 1. The van der Waals surface area contributed by atoms with Crippen LogP contribution in [0.3, 0.4) is 0 Å². The van der Waals surface area contributed by atoms with Crippen LogP contribution in [0.25, 0.3) is 0 Å². The first kappa shape index (κ1) is 7.40. The molecule has 0 aromatic heterocycles. The second kappa shape index (κ2) is 3.41. The van der Waals surface area contributed by atoms with Gasteiger partial charge >= 0.3 is 0 Å². The van der Waals surface area contributed by atoms with Crippen LogP contribution in [0.1, 0.15) is 6.92 Å². The van der Waals surface area contributed by atoms with E-state index in [1.165, 1.54) is 6.08 Å². The molecule has 0 spiro atoms. The van der Waals surface area contributed by atoms with E-state index in [0.29, 0.717) is 5.57 Å². The smallest absolute Gasteiger partial charge is 0.178 e. The van der Waals surface area contributed by atoms with Crippen LogP contribution in [-0.2, 0) is 0 Å². The molecule has 0 aliphatic heterocycles. The van der Waals surface area contributed by atoms with Gasteiger partial charge in [-0.2, -0.15) is 0 Å². The zero-order valence-corrected chi connectivity index (χ0v) is 4.83. The molecule has 0 aromatic carbocycles. The fourth-order valence-electron chi connectivity index (χ4n) is 0.372. The molecular formula is C6H10O2. The molecule has 0 aliphatic rings. The van der Waals surface area contributed by atoms with Gasteiger partial charge in [0.25, 0.3) is 0 Å². The molecular weight excluding hydrogens is 104 g/mol. The highest BCUT2D eigenvalue weighted by Crippen LogP contribution is 1.98. The summed E-state index contributed by atoms with van der Waals surface area (Å²) < 4.78 is 0. The van der Waals surface area contributed by atoms with Crippen molar-refractivity contribution in [2.24, 2.45) is 0 Å². The van der Waals surface area contributed by atoms with E-state index in [4.69, 9.17) is 10.2 Å². The first-order chi connectivity index (χ1) is 3.72. The number of aliphatic hydroxyl groups is 2. The van der Waals surface area contributed by atoms with Crippen LogP contribution in [-0.4, -0.2) is 16.5 Å². The highest BCUT2D eigenvalue weighted by Gasteiger charge is 1.97. The van der Waals surface area contributed by atoms with Gasteiger partial charge in [0.1, 0.15) is 0 Å². The summed E-state index contributed by atoms with van der Waals surface area (Å²) in [5.41, 5.74) is 0.435. The molecule has 0 rings (SSSR count). The van der Waals surface area contributed by atoms with Gasteiger partial charge in [0.05, 0.1) is 0 Å². The summed E-state index contributed by atoms with van der Waals surface area (Å²) in [6.45, 7) is 5.08. The summed E-state index contributed by atoms with van der Waals surface area (Å²) in [6, 6.07) is 0. The Morgan fingerprint density at radius 1 is 1.62 bits per heavy atom. The van der Waals surface area contributed by atoms with Crippen LogP contribution in [0.2, 0.25) is 0 Å². The van der Waals surface area contributed by atoms with E-state index in [-0.39, 0.29) is 0 Å². The summed E-state index contributed by atoms with van der Waals surface area (Å²) in [5.74, 6) is 0. The molecule has 8 heavy (non-hydrogen) atoms. The molecule has 0 aromatic rings. The molecule has 0 radical (unpaired) electrons. The SMILES string of the molecule is C=CC(=CC)C(O)O. The third kappa shape index (κ3) is 1.91. The van der Waals surface area contributed by atoms with Crippen LogP contribution >= 0.6 is 0 Å². The monoisotopic (exact) mass is 114 g/mol. The van der Waals surface area contributed by atoms with Crippen molar-refractivity contribution in [3.8, 4) is 0 Å². The molecule has 2 nitrogen and oxygen atoms in total. The van der Waals surface area contributed by atoms with Gasteiger partial charge in [0.15, 0.2) is 6.29 Å². The highest BCUT2D eigenvalue weighted by molar-refractivity contribution is 5.16. The number of hydrogen-bond acceptors (Lipinski definition) is 2. The van der Waals surface area contributed by atoms with Crippen LogP contribution in [0.5, 0.6) is 0 Å². The topological polar surface area (TPSA) is 40.5 Å². The van der Waals surface area contributed by atoms with Crippen molar-refractivity contribution >= 4 is 0 Å². The Hall–Kier alpha value is -0.600. The first-order valence-electron chi connectivity index (χ1n) is 2.37. The van der Waals surface area contributed by atoms with Crippen molar-refractivity contribution in [3.63, 3.8) is 0 Å². The van der Waals surface area contributed by atoms with Crippen molar-refractivity contribution in [1.29, 1.82) is 0 Å². The van der Waals surface area contributed by atoms with Crippen LogP contribution in [0, 0.1) is 0 Å². The van der Waals surface area contributed by atoms with Crippen molar-refractivity contribution in [2.75, 3.05) is 0 Å². The fraction of sp³-hybridized carbons (Fsp3) is 0.333. The minimum atomic E-state index is -1.38. The van der Waals surface area contributed by atoms with Gasteiger partial charge in [0, 0.05) is 5.57 Å². The molecule has 0 atom stereocenters. The van der Waals surface area contributed by atoms with Gasteiger partial charge in [-0.15, -0.1) is 0 Å². The van der Waals surface area contributed by atoms with Crippen molar-refractivity contribution in [1.82, 2.24) is 0 Å². The highest BCUT2D eigenvalue weighted by atomic mass is 16.5. The Labute approximate surface area is 48.8 Å². The molecule has 0 fully saturated rings. The average Bonchev–Trinajstić information content (AvgIpc) is 1.69. The van der Waals surface area contributed by atoms with Gasteiger partial charge in [-0.3, -0.25) is 0 Å². The Bertz CT molecular complexity index is 103. The van der Waals surface area contributed by atoms with Crippen molar-refractivity contribution in [2.45, 2.75) is 13.2 Å². The summed E-state index contributed by atoms with van der Waals surface area (Å²) in [6.07, 6.45) is 1.62. The second-order valence-corrected chi connectivity index (χ2v) is 1.37. The zero-order chi connectivity index (χ0) is 6.57. The van der Waals surface area contributed by atoms with E-state index in [2.05, 4.69) is 6.58 Å². The normalized spacial score (nSPS) is 12.2. The van der Waals surface area contributed by atoms with Gasteiger partial charge in [0.2, 0.25) is 0 Å². The lowest BCUT2D eigenvalue weighted by Gasteiger charge is -2.00. The van der Waals surface area contributed by atoms with Gasteiger partial charge in [-0.1, -0.05) is 18.7 Å². The minimum absolute atomic E-state index is 0.435. The standard InChI is InChI=1S/C6H10O2/c1-3-5(4-2)6(7)8/h3-4,6-8H,1H2,2H3. The van der Waals surface area contributed by atoms with E-state index >= 15 is 0 Å². The number of aliphatic hydroxyl groups excluding tert-OH is 1. The second-order valence-electron chi connectivity index (χ2n) is 1.37. The zero-order valence-electron chi connectivity index (χ0n) is 4.83. The molecule has 2 heteroatoms. The number of rotatable bonds is 2. The molecule has 0 saturated heterocycles. The van der Waals surface area contributed by atoms with Crippen LogP contribution in [0.15, 0.2) is 24.3 Å². The largest absolute Gasteiger partial charge is 0.364 e. The van der Waals surface area contributed by atoms with Crippen molar-refractivity contribution in [3.05, 3.63) is 24.3 Å². The average molecular weight is 114 g/mol. The maximum absolute atomic E-state index is 8.43. The third-order valence-electron chi connectivity index (χ3n) is 0.867. The molecule has 0 saturated carbocycles. The lowest BCUT2D eigenvalue weighted by atomic mass is 10.2. The molecule has 0 bridgehead atoms. The maximum Gasteiger partial charge on any atom is 0.178 e. The molecule has 46 valence electrons. The van der Waals surface area contributed by atoms with Crippen LogP contribution in [0.4, 0.5) is 0 Å². The van der Waals surface area contributed by atoms with E-state index in [9.17, 15) is 0 Å². The Balaban J connectivity index is 3.91. The Morgan fingerprint density at radius 3 is 2.12 bits per heavy atom.